The van der Waals surface area contributed by atoms with E-state index in [1.54, 1.807) is 0 Å². The van der Waals surface area contributed by atoms with Crippen LogP contribution in [-0.2, 0) is 17.1 Å². The Morgan fingerprint density at radius 3 is 1.90 bits per heavy atom. The predicted octanol–water partition coefficient (Wildman–Crippen LogP) is -0.725. The summed E-state index contributed by atoms with van der Waals surface area (Å²) < 4.78 is 0. The maximum atomic E-state index is 6.25. The zero-order chi connectivity index (χ0) is 6.99. The van der Waals surface area contributed by atoms with E-state index >= 15 is 0 Å². The van der Waals surface area contributed by atoms with E-state index in [4.69, 9.17) is 11.8 Å². The van der Waals surface area contributed by atoms with Crippen LogP contribution in [-0.4, -0.2) is 0 Å². The molecule has 0 radical (unpaired) electrons. The molecule has 0 saturated heterocycles. The van der Waals surface area contributed by atoms with Crippen LogP contribution in [0.15, 0.2) is 12.2 Å². The third-order valence-corrected chi connectivity index (χ3v) is 0.604. The average Bonchev–Trinajstić information content (AvgIpc) is 1.72. The summed E-state index contributed by atoms with van der Waals surface area (Å²) in [5.74, 6) is 0. The van der Waals surface area contributed by atoms with Crippen LogP contribution in [0, 0.1) is 18.8 Å². The van der Waals surface area contributed by atoms with Crippen LogP contribution in [0.3, 0.4) is 0 Å². The first-order valence-corrected chi connectivity index (χ1v) is 2.43. The van der Waals surface area contributed by atoms with E-state index in [0.717, 1.165) is 12.8 Å². The summed E-state index contributed by atoms with van der Waals surface area (Å²) >= 11 is 0. The van der Waals surface area contributed by atoms with Crippen LogP contribution in [0.5, 0.6) is 0 Å². The quantitative estimate of drug-likeness (QED) is 0.312. The van der Waals surface area contributed by atoms with Crippen LogP contribution in [0.4, 0.5) is 0 Å². The second-order valence-electron chi connectivity index (χ2n) is 1.56. The maximum Gasteiger partial charge on any atom is 1.00 e. The molecule has 0 rings (SSSR count). The van der Waals surface area contributed by atoms with E-state index in [-0.39, 0.29) is 35.9 Å². The molecule has 0 atom stereocenters. The molecule has 0 aliphatic carbocycles. The molecule has 0 fully saturated rings. The summed E-state index contributed by atoms with van der Waals surface area (Å²) in [6, 6.07) is 0. The van der Waals surface area contributed by atoms with Gasteiger partial charge < -0.3 is 18.8 Å². The molecule has 0 saturated carbocycles. The molecule has 10 heavy (non-hydrogen) atoms. The van der Waals surface area contributed by atoms with Gasteiger partial charge in [-0.2, -0.15) is 6.42 Å². The summed E-state index contributed by atoms with van der Waals surface area (Å²) in [6.07, 6.45) is 2.05. The normalized spacial score (nSPS) is 5.20. The number of hydrogen-bond acceptors (Lipinski definition) is 1. The molecule has 56 valence electrons. The molecule has 0 N–H and O–H groups in total. The molecule has 0 aliphatic heterocycles. The number of rotatable bonds is 2. The summed E-state index contributed by atoms with van der Waals surface area (Å²) in [4.78, 5) is 0. The van der Waals surface area contributed by atoms with Crippen molar-refractivity contribution in [3.8, 4) is 0 Å². The van der Waals surface area contributed by atoms with E-state index in [1.807, 2.05) is 6.92 Å². The number of nitrogens with zero attached hydrogens (tertiary/aromatic N) is 1. The van der Waals surface area contributed by atoms with Gasteiger partial charge >= 0.3 is 35.9 Å². The van der Waals surface area contributed by atoms with E-state index in [2.05, 4.69) is 13.5 Å². The zero-order valence-corrected chi connectivity index (χ0v) is 7.52. The van der Waals surface area contributed by atoms with Gasteiger partial charge in [-0.05, 0) is 6.92 Å². The molecule has 0 spiro atoms. The monoisotopic (exact) mass is 179 g/mol. The average molecular weight is 180 g/mol. The molecule has 0 aromatic heterocycles. The van der Waals surface area contributed by atoms with Crippen molar-refractivity contribution in [3.05, 3.63) is 25.6 Å². The molecule has 0 heterocycles. The molecule has 0 aromatic carbocycles. The molecule has 3 heteroatoms. The molecule has 0 aromatic rings. The number of allylic oxidation sites excluding steroid dienone is 1. The van der Waals surface area contributed by atoms with Gasteiger partial charge in [-0.1, -0.05) is 12.0 Å². The zero-order valence-electron chi connectivity index (χ0n) is 6.58. The van der Waals surface area contributed by atoms with Crippen molar-refractivity contribution in [2.24, 2.45) is 0 Å². The molecule has 0 aliphatic rings. The second-order valence-corrected chi connectivity index (χ2v) is 1.56. The van der Waals surface area contributed by atoms with E-state index in [1.165, 1.54) is 5.57 Å². The van der Waals surface area contributed by atoms with Crippen molar-refractivity contribution in [1.82, 2.24) is 0 Å². The SMILES string of the molecule is C=C(C)CC[CH2-].[C-]#N.[Cu+].[Li+]. The minimum Gasteiger partial charge on any atom is -0.512 e. The van der Waals surface area contributed by atoms with E-state index in [0.29, 0.717) is 0 Å². The topological polar surface area (TPSA) is 23.8 Å². The van der Waals surface area contributed by atoms with Crippen molar-refractivity contribution >= 4 is 0 Å². The smallest absolute Gasteiger partial charge is 0.512 e. The Bertz CT molecular complexity index is 80.9. The fourth-order valence-electron chi connectivity index (χ4n) is 0.302. The maximum absolute atomic E-state index is 6.25. The molecule has 0 bridgehead atoms. The van der Waals surface area contributed by atoms with Crippen molar-refractivity contribution < 1.29 is 35.9 Å². The first kappa shape index (κ1) is 22.4. The molecule has 0 amide bonds. The van der Waals surface area contributed by atoms with Gasteiger partial charge in [0.05, 0.1) is 0 Å². The van der Waals surface area contributed by atoms with E-state index in [9.17, 15) is 0 Å². The third-order valence-electron chi connectivity index (χ3n) is 0.604. The van der Waals surface area contributed by atoms with Crippen LogP contribution in [0.2, 0.25) is 0 Å². The Kier molecular flexibility index (Phi) is 51.1. The molecule has 0 unspecified atom stereocenters. The fourth-order valence-corrected chi connectivity index (χ4v) is 0.302. The molecular formula is C7H11CuLiN. The van der Waals surface area contributed by atoms with Crippen molar-refractivity contribution in [3.63, 3.8) is 0 Å². The first-order chi connectivity index (χ1) is 3.77. The van der Waals surface area contributed by atoms with Crippen molar-refractivity contribution in [2.75, 3.05) is 0 Å². The largest absolute Gasteiger partial charge is 1.00 e. The Morgan fingerprint density at radius 2 is 1.90 bits per heavy atom. The van der Waals surface area contributed by atoms with Gasteiger partial charge in [-0.15, -0.1) is 6.58 Å². The Hall–Kier alpha value is 0.347. The summed E-state index contributed by atoms with van der Waals surface area (Å²) in [5.41, 5.74) is 1.23. The second kappa shape index (κ2) is 22.8. The minimum absolute atomic E-state index is 0. The van der Waals surface area contributed by atoms with Gasteiger partial charge in [0.1, 0.15) is 0 Å². The summed E-state index contributed by atoms with van der Waals surface area (Å²) in [5, 5.41) is 6.25. The molecular weight excluding hydrogens is 169 g/mol. The predicted molar refractivity (Wildman–Crippen MR) is 34.4 cm³/mol. The Morgan fingerprint density at radius 1 is 1.60 bits per heavy atom. The van der Waals surface area contributed by atoms with Crippen LogP contribution in [0.1, 0.15) is 19.8 Å². The standard InChI is InChI=1S/C6H11.CN.Cu.Li/c1-4-5-6(2)3;1-2;;/h1-2,4-5H2,3H3;;;/q2*-1;2*+1. The van der Waals surface area contributed by atoms with E-state index < -0.39 is 0 Å². The molecule has 1 nitrogen and oxygen atoms in total. The Labute approximate surface area is 86.5 Å². The Balaban J connectivity index is -0.0000000412. The van der Waals surface area contributed by atoms with Gasteiger partial charge in [0.15, 0.2) is 0 Å². The minimum atomic E-state index is 0. The van der Waals surface area contributed by atoms with Crippen LogP contribution < -0.4 is 18.9 Å². The van der Waals surface area contributed by atoms with Gasteiger partial charge in [0.25, 0.3) is 0 Å². The van der Waals surface area contributed by atoms with Crippen molar-refractivity contribution in [2.45, 2.75) is 19.8 Å². The summed E-state index contributed by atoms with van der Waals surface area (Å²) in [6.45, 7) is 14.1. The van der Waals surface area contributed by atoms with Crippen molar-refractivity contribution in [1.29, 1.82) is 5.26 Å². The van der Waals surface area contributed by atoms with Crippen LogP contribution >= 0.6 is 0 Å². The van der Waals surface area contributed by atoms with Gasteiger partial charge in [0, 0.05) is 0 Å². The van der Waals surface area contributed by atoms with Gasteiger partial charge in [0.2, 0.25) is 0 Å². The first-order valence-electron chi connectivity index (χ1n) is 2.43. The number of hydrogen-bond donors (Lipinski definition) is 0. The van der Waals surface area contributed by atoms with Gasteiger partial charge in [-0.3, -0.25) is 0 Å². The van der Waals surface area contributed by atoms with Crippen LogP contribution in [0.25, 0.3) is 0 Å². The van der Waals surface area contributed by atoms with Gasteiger partial charge in [-0.25, -0.2) is 0 Å². The third kappa shape index (κ3) is 40.2. The fraction of sp³-hybridized carbons (Fsp3) is 0.429. The summed E-state index contributed by atoms with van der Waals surface area (Å²) in [7, 11) is 0.